The lowest BCUT2D eigenvalue weighted by atomic mass is 10.0. The number of rotatable bonds is 4. The van der Waals surface area contributed by atoms with Crippen LogP contribution in [0.4, 0.5) is 5.69 Å². The minimum Gasteiger partial charge on any atom is -0.382 e. The molecule has 2 N–H and O–H groups in total. The van der Waals surface area contributed by atoms with E-state index in [0.29, 0.717) is 12.1 Å². The van der Waals surface area contributed by atoms with Crippen molar-refractivity contribution in [2.45, 2.75) is 45.2 Å². The molecular formula is C18H24N2O. The van der Waals surface area contributed by atoms with Gasteiger partial charge < -0.3 is 10.6 Å². The van der Waals surface area contributed by atoms with Gasteiger partial charge in [0.05, 0.1) is 5.56 Å². The lowest BCUT2D eigenvalue weighted by Crippen LogP contribution is -2.30. The van der Waals surface area contributed by atoms with Gasteiger partial charge in [-0.1, -0.05) is 12.1 Å². The number of fused-ring (bicyclic) bond motifs is 5. The zero-order valence-corrected chi connectivity index (χ0v) is 12.8. The molecule has 0 aliphatic heterocycles. The second-order valence-corrected chi connectivity index (χ2v) is 7.33. The van der Waals surface area contributed by atoms with E-state index in [1.165, 1.54) is 19.3 Å². The van der Waals surface area contributed by atoms with Crippen molar-refractivity contribution >= 4 is 11.6 Å². The summed E-state index contributed by atoms with van der Waals surface area (Å²) in [5.74, 6) is 3.47. The molecule has 0 spiro atoms. The van der Waals surface area contributed by atoms with Crippen molar-refractivity contribution < 1.29 is 4.79 Å². The van der Waals surface area contributed by atoms with Gasteiger partial charge in [-0.2, -0.15) is 0 Å². The first-order valence-corrected chi connectivity index (χ1v) is 8.31. The molecule has 21 heavy (non-hydrogen) atoms. The molecule has 3 aliphatic rings. The third-order valence-electron chi connectivity index (χ3n) is 5.65. The Morgan fingerprint density at radius 2 is 1.81 bits per heavy atom. The van der Waals surface area contributed by atoms with Gasteiger partial charge in [0.2, 0.25) is 0 Å². The summed E-state index contributed by atoms with van der Waals surface area (Å²) >= 11 is 0. The number of benzene rings is 1. The molecule has 4 rings (SSSR count). The van der Waals surface area contributed by atoms with Crippen LogP contribution in [0.2, 0.25) is 0 Å². The molecular weight excluding hydrogens is 260 g/mol. The molecule has 1 amide bonds. The van der Waals surface area contributed by atoms with Crippen molar-refractivity contribution in [3.05, 3.63) is 29.8 Å². The first-order valence-electron chi connectivity index (χ1n) is 8.31. The molecule has 3 heteroatoms. The Bertz CT molecular complexity index is 552. The van der Waals surface area contributed by atoms with Crippen LogP contribution in [-0.2, 0) is 0 Å². The van der Waals surface area contributed by atoms with E-state index in [1.54, 1.807) is 0 Å². The van der Waals surface area contributed by atoms with E-state index in [2.05, 4.69) is 24.5 Å². The highest BCUT2D eigenvalue weighted by molar-refractivity contribution is 6.00. The second kappa shape index (κ2) is 4.75. The highest BCUT2D eigenvalue weighted by Crippen LogP contribution is 2.65. The summed E-state index contributed by atoms with van der Waals surface area (Å²) in [6.45, 7) is 4.19. The van der Waals surface area contributed by atoms with Crippen LogP contribution in [0.1, 0.15) is 43.5 Å². The van der Waals surface area contributed by atoms with Crippen LogP contribution in [0.3, 0.4) is 0 Å². The number of nitrogens with one attached hydrogen (secondary N) is 2. The number of amides is 1. The van der Waals surface area contributed by atoms with E-state index in [1.807, 2.05) is 24.3 Å². The normalized spacial score (nSPS) is 35.7. The third-order valence-corrected chi connectivity index (χ3v) is 5.65. The average molecular weight is 284 g/mol. The lowest BCUT2D eigenvalue weighted by Gasteiger charge is -2.16. The molecule has 2 bridgehead atoms. The average Bonchev–Trinajstić information content (AvgIpc) is 2.83. The fourth-order valence-corrected chi connectivity index (χ4v) is 4.87. The first kappa shape index (κ1) is 13.2. The van der Waals surface area contributed by atoms with Gasteiger partial charge in [0.1, 0.15) is 0 Å². The molecule has 4 unspecified atom stereocenters. The molecule has 0 aromatic heterocycles. The summed E-state index contributed by atoms with van der Waals surface area (Å²) in [5.41, 5.74) is 1.72. The zero-order valence-electron chi connectivity index (χ0n) is 12.8. The van der Waals surface area contributed by atoms with Gasteiger partial charge in [-0.15, -0.1) is 0 Å². The van der Waals surface area contributed by atoms with Crippen LogP contribution in [0.25, 0.3) is 0 Å². The predicted octanol–water partition coefficient (Wildman–Crippen LogP) is 3.28. The Kier molecular flexibility index (Phi) is 2.98. The maximum absolute atomic E-state index is 12.6. The van der Waals surface area contributed by atoms with Crippen LogP contribution in [0.15, 0.2) is 24.3 Å². The van der Waals surface area contributed by atoms with Gasteiger partial charge >= 0.3 is 0 Å². The molecule has 0 saturated heterocycles. The van der Waals surface area contributed by atoms with E-state index >= 15 is 0 Å². The summed E-state index contributed by atoms with van der Waals surface area (Å²) < 4.78 is 0. The van der Waals surface area contributed by atoms with E-state index in [-0.39, 0.29) is 5.91 Å². The van der Waals surface area contributed by atoms with Crippen LogP contribution >= 0.6 is 0 Å². The fraction of sp³-hybridized carbons (Fsp3) is 0.611. The number of carbonyl (C=O) groups excluding carboxylic acids is 1. The van der Waals surface area contributed by atoms with Crippen molar-refractivity contribution in [3.63, 3.8) is 0 Å². The van der Waals surface area contributed by atoms with Gasteiger partial charge in [-0.25, -0.2) is 0 Å². The number of hydrogen-bond acceptors (Lipinski definition) is 2. The smallest absolute Gasteiger partial charge is 0.253 e. The summed E-state index contributed by atoms with van der Waals surface area (Å²) in [6, 6.07) is 8.62. The highest BCUT2D eigenvalue weighted by Gasteiger charge is 2.65. The summed E-state index contributed by atoms with van der Waals surface area (Å²) in [4.78, 5) is 12.6. The Morgan fingerprint density at radius 1 is 1.14 bits per heavy atom. The molecule has 0 heterocycles. The van der Waals surface area contributed by atoms with Gasteiger partial charge in [-0.05, 0) is 68.9 Å². The molecule has 0 radical (unpaired) electrons. The van der Waals surface area contributed by atoms with Crippen LogP contribution < -0.4 is 10.6 Å². The molecule has 3 fully saturated rings. The minimum atomic E-state index is 0.0950. The summed E-state index contributed by atoms with van der Waals surface area (Å²) in [6.07, 6.45) is 4.21. The third kappa shape index (κ3) is 2.14. The molecule has 1 aromatic carbocycles. The number of carbonyl (C=O) groups is 1. The molecule has 112 valence electrons. The van der Waals surface area contributed by atoms with E-state index < -0.39 is 0 Å². The first-order chi connectivity index (χ1) is 10.1. The van der Waals surface area contributed by atoms with Crippen molar-refractivity contribution in [1.82, 2.24) is 5.32 Å². The Hall–Kier alpha value is -1.51. The van der Waals surface area contributed by atoms with Gasteiger partial charge in [0, 0.05) is 17.8 Å². The van der Waals surface area contributed by atoms with E-state index in [9.17, 15) is 4.79 Å². The van der Waals surface area contributed by atoms with Gasteiger partial charge in [0.25, 0.3) is 5.91 Å². The predicted molar refractivity (Wildman–Crippen MR) is 84.3 cm³/mol. The topological polar surface area (TPSA) is 41.1 Å². The van der Waals surface area contributed by atoms with E-state index in [4.69, 9.17) is 0 Å². The minimum absolute atomic E-state index is 0.0950. The second-order valence-electron chi connectivity index (χ2n) is 7.33. The highest BCUT2D eigenvalue weighted by atomic mass is 16.1. The van der Waals surface area contributed by atoms with Crippen molar-refractivity contribution in [2.75, 3.05) is 5.32 Å². The lowest BCUT2D eigenvalue weighted by molar-refractivity contribution is 0.0945. The largest absolute Gasteiger partial charge is 0.382 e. The Morgan fingerprint density at radius 3 is 2.48 bits per heavy atom. The van der Waals surface area contributed by atoms with Crippen molar-refractivity contribution in [2.24, 2.45) is 23.7 Å². The molecule has 3 aliphatic carbocycles. The Balaban J connectivity index is 1.47. The molecule has 1 aromatic rings. The van der Waals surface area contributed by atoms with Gasteiger partial charge in [-0.3, -0.25) is 4.79 Å². The van der Waals surface area contributed by atoms with Crippen LogP contribution in [0.5, 0.6) is 0 Å². The number of para-hydroxylation sites is 1. The van der Waals surface area contributed by atoms with Crippen molar-refractivity contribution in [1.29, 1.82) is 0 Å². The zero-order chi connectivity index (χ0) is 14.6. The monoisotopic (exact) mass is 284 g/mol. The maximum Gasteiger partial charge on any atom is 0.253 e. The molecule has 4 atom stereocenters. The summed E-state index contributed by atoms with van der Waals surface area (Å²) in [5, 5.41) is 6.68. The van der Waals surface area contributed by atoms with E-state index in [0.717, 1.165) is 34.9 Å². The fourth-order valence-electron chi connectivity index (χ4n) is 4.87. The van der Waals surface area contributed by atoms with Gasteiger partial charge in [0.15, 0.2) is 0 Å². The number of hydrogen-bond donors (Lipinski definition) is 2. The van der Waals surface area contributed by atoms with Crippen LogP contribution in [0, 0.1) is 23.7 Å². The Labute approximate surface area is 126 Å². The maximum atomic E-state index is 12.6. The molecule has 3 nitrogen and oxygen atoms in total. The van der Waals surface area contributed by atoms with Crippen molar-refractivity contribution in [3.8, 4) is 0 Å². The quantitative estimate of drug-likeness (QED) is 0.891. The SMILES string of the molecule is CC(C)Nc1ccccc1C(=O)NC1C2C3CCC(C3)C12. The molecule has 3 saturated carbocycles. The number of anilines is 1. The standard InChI is InChI=1S/C18H24N2O/c1-10(2)19-14-6-4-3-5-13(14)18(21)20-17-15-11-7-8-12(9-11)16(15)17/h3-6,10-12,15-17,19H,7-9H2,1-2H3,(H,20,21). The summed E-state index contributed by atoms with van der Waals surface area (Å²) in [7, 11) is 0. The van der Waals surface area contributed by atoms with Crippen LogP contribution in [-0.4, -0.2) is 18.0 Å².